The van der Waals surface area contributed by atoms with E-state index in [0.29, 0.717) is 23.1 Å². The summed E-state index contributed by atoms with van der Waals surface area (Å²) in [5, 5.41) is 0.368. The number of ether oxygens (including phenoxy) is 1. The van der Waals surface area contributed by atoms with Crippen LogP contribution in [0.1, 0.15) is 26.5 Å². The standard InChI is InChI=1S/C26H13Cl2NO4/c27-17-10-11-18(28)23-22(17)24(30)16(25(23)31)12-15-13-21-26(32-15)29(14-6-2-1-3-7-14)19-8-4-5-9-20(19)33-21/h1-13H. The molecule has 0 bridgehead atoms. The lowest BCUT2D eigenvalue weighted by Crippen LogP contribution is -2.14. The van der Waals surface area contributed by atoms with Crippen molar-refractivity contribution < 1.29 is 18.7 Å². The molecule has 160 valence electrons. The van der Waals surface area contributed by atoms with Gasteiger partial charge in [0.1, 0.15) is 5.76 Å². The number of allylic oxidation sites excluding steroid dienone is 1. The lowest BCUT2D eigenvalue weighted by Gasteiger charge is -2.29. The Kier molecular flexibility index (Phi) is 4.43. The van der Waals surface area contributed by atoms with Crippen molar-refractivity contribution in [3.63, 3.8) is 0 Å². The summed E-state index contributed by atoms with van der Waals surface area (Å²) in [6, 6.07) is 22.0. The summed E-state index contributed by atoms with van der Waals surface area (Å²) in [5.41, 5.74) is 1.86. The quantitative estimate of drug-likeness (QED) is 0.195. The average Bonchev–Trinajstić information content (AvgIpc) is 3.34. The van der Waals surface area contributed by atoms with Crippen LogP contribution in [0.3, 0.4) is 0 Å². The number of hydrogen-bond donors (Lipinski definition) is 0. The molecule has 33 heavy (non-hydrogen) atoms. The van der Waals surface area contributed by atoms with Crippen molar-refractivity contribution in [2.24, 2.45) is 0 Å². The minimum Gasteiger partial charge on any atom is -0.449 e. The maximum atomic E-state index is 13.0. The van der Waals surface area contributed by atoms with Gasteiger partial charge < -0.3 is 9.15 Å². The molecule has 0 N–H and O–H groups in total. The first-order valence-corrected chi connectivity index (χ1v) is 10.8. The van der Waals surface area contributed by atoms with Crippen molar-refractivity contribution in [3.8, 4) is 11.5 Å². The second-order valence-corrected chi connectivity index (χ2v) is 8.37. The number of ketones is 2. The van der Waals surface area contributed by atoms with Crippen LogP contribution >= 0.6 is 23.2 Å². The Morgan fingerprint density at radius 1 is 0.758 bits per heavy atom. The number of furan rings is 1. The van der Waals surface area contributed by atoms with E-state index >= 15 is 0 Å². The zero-order chi connectivity index (χ0) is 22.7. The van der Waals surface area contributed by atoms with Crippen molar-refractivity contribution >= 4 is 58.1 Å². The van der Waals surface area contributed by atoms with Gasteiger partial charge in [-0.1, -0.05) is 53.5 Å². The highest BCUT2D eigenvalue weighted by Crippen LogP contribution is 2.52. The normalized spacial score (nSPS) is 14.0. The van der Waals surface area contributed by atoms with Gasteiger partial charge >= 0.3 is 0 Å². The third-order valence-corrected chi connectivity index (χ3v) is 6.21. The van der Waals surface area contributed by atoms with Crippen LogP contribution in [0.2, 0.25) is 10.0 Å². The van der Waals surface area contributed by atoms with Crippen LogP contribution in [0.25, 0.3) is 6.08 Å². The smallest absolute Gasteiger partial charge is 0.248 e. The van der Waals surface area contributed by atoms with E-state index in [9.17, 15) is 9.59 Å². The highest BCUT2D eigenvalue weighted by molar-refractivity contribution is 6.49. The van der Waals surface area contributed by atoms with Gasteiger partial charge in [0, 0.05) is 11.8 Å². The molecule has 0 saturated heterocycles. The number of Topliss-reactive ketones (excluding diaryl/α,β-unsaturated/α-hetero) is 2. The van der Waals surface area contributed by atoms with Crippen molar-refractivity contribution in [2.75, 3.05) is 4.90 Å². The molecule has 2 heterocycles. The molecule has 6 rings (SSSR count). The Bertz CT molecular complexity index is 1460. The van der Waals surface area contributed by atoms with E-state index in [1.54, 1.807) is 6.07 Å². The summed E-state index contributed by atoms with van der Waals surface area (Å²) in [6.45, 7) is 0. The van der Waals surface area contributed by atoms with Crippen molar-refractivity contribution in [1.82, 2.24) is 0 Å². The van der Waals surface area contributed by atoms with Gasteiger partial charge in [-0.3, -0.25) is 14.5 Å². The van der Waals surface area contributed by atoms with E-state index in [1.165, 1.54) is 18.2 Å². The molecule has 1 aliphatic carbocycles. The molecule has 0 saturated carbocycles. The van der Waals surface area contributed by atoms with Gasteiger partial charge in [0.25, 0.3) is 0 Å². The Balaban J connectivity index is 1.47. The molecule has 1 aromatic heterocycles. The minimum atomic E-state index is -0.485. The van der Waals surface area contributed by atoms with Crippen molar-refractivity contribution in [2.45, 2.75) is 0 Å². The second kappa shape index (κ2) is 7.37. The Labute approximate surface area is 198 Å². The van der Waals surface area contributed by atoms with Crippen LogP contribution in [-0.2, 0) is 0 Å². The molecular formula is C26H13Cl2NO4. The number of anilines is 3. The van der Waals surface area contributed by atoms with Gasteiger partial charge in [-0.05, 0) is 42.5 Å². The minimum absolute atomic E-state index is 0.0603. The third-order valence-electron chi connectivity index (χ3n) is 5.58. The highest BCUT2D eigenvalue weighted by atomic mass is 35.5. The topological polar surface area (TPSA) is 59.8 Å². The highest BCUT2D eigenvalue weighted by Gasteiger charge is 2.38. The number of carbonyl (C=O) groups excluding carboxylic acids is 2. The molecule has 3 aromatic carbocycles. The number of fused-ring (bicyclic) bond motifs is 3. The zero-order valence-corrected chi connectivity index (χ0v) is 18.4. The van der Waals surface area contributed by atoms with Crippen LogP contribution in [0.15, 0.2) is 82.8 Å². The van der Waals surface area contributed by atoms with Crippen LogP contribution < -0.4 is 9.64 Å². The number of carbonyl (C=O) groups is 2. The van der Waals surface area contributed by atoms with Crippen molar-refractivity contribution in [1.29, 1.82) is 0 Å². The molecule has 0 unspecified atom stereocenters. The van der Waals surface area contributed by atoms with Crippen LogP contribution in [0.4, 0.5) is 17.3 Å². The zero-order valence-electron chi connectivity index (χ0n) is 16.8. The van der Waals surface area contributed by atoms with Gasteiger partial charge in [0.05, 0.1) is 32.4 Å². The number of halogens is 2. The molecule has 7 heteroatoms. The number of rotatable bonds is 2. The molecule has 2 aliphatic rings. The fourth-order valence-corrected chi connectivity index (χ4v) is 4.60. The molecule has 0 spiro atoms. The maximum Gasteiger partial charge on any atom is 0.248 e. The van der Waals surface area contributed by atoms with Crippen LogP contribution in [0, 0.1) is 0 Å². The van der Waals surface area contributed by atoms with E-state index in [-0.39, 0.29) is 26.7 Å². The fraction of sp³-hybridized carbons (Fsp3) is 0. The summed E-state index contributed by atoms with van der Waals surface area (Å²) in [4.78, 5) is 27.9. The predicted molar refractivity (Wildman–Crippen MR) is 127 cm³/mol. The fourth-order valence-electron chi connectivity index (χ4n) is 4.11. The predicted octanol–water partition coefficient (Wildman–Crippen LogP) is 7.62. The first-order chi connectivity index (χ1) is 16.0. The second-order valence-electron chi connectivity index (χ2n) is 7.55. The van der Waals surface area contributed by atoms with Gasteiger partial charge in [0.15, 0.2) is 23.1 Å². The van der Waals surface area contributed by atoms with E-state index in [2.05, 4.69) is 0 Å². The Hall–Kier alpha value is -3.80. The molecule has 5 nitrogen and oxygen atoms in total. The first-order valence-electron chi connectivity index (χ1n) is 10.1. The first kappa shape index (κ1) is 19.9. The lowest BCUT2D eigenvalue weighted by atomic mass is 10.1. The lowest BCUT2D eigenvalue weighted by molar-refractivity contribution is 0.0990. The molecule has 0 amide bonds. The molecule has 0 radical (unpaired) electrons. The average molecular weight is 474 g/mol. The van der Waals surface area contributed by atoms with Gasteiger partial charge in [-0.15, -0.1) is 0 Å². The number of nitrogens with zero attached hydrogens (tertiary/aromatic N) is 1. The van der Waals surface area contributed by atoms with E-state index in [1.807, 2.05) is 59.5 Å². The molecule has 4 aromatic rings. The molecular weight excluding hydrogens is 461 g/mol. The molecule has 0 atom stereocenters. The monoisotopic (exact) mass is 473 g/mol. The SMILES string of the molecule is O=C1C(=Cc2cc3c(o2)N(c2ccccc2)c2ccccc2O3)C(=O)c2c(Cl)ccc(Cl)c21. The summed E-state index contributed by atoms with van der Waals surface area (Å²) >= 11 is 12.4. The van der Waals surface area contributed by atoms with Gasteiger partial charge in [-0.2, -0.15) is 0 Å². The van der Waals surface area contributed by atoms with E-state index < -0.39 is 11.6 Å². The largest absolute Gasteiger partial charge is 0.449 e. The van der Waals surface area contributed by atoms with E-state index in [0.717, 1.165) is 11.4 Å². The number of hydrogen-bond acceptors (Lipinski definition) is 5. The Morgan fingerprint density at radius 2 is 1.39 bits per heavy atom. The third kappa shape index (κ3) is 3.01. The van der Waals surface area contributed by atoms with E-state index in [4.69, 9.17) is 32.4 Å². The summed E-state index contributed by atoms with van der Waals surface area (Å²) in [7, 11) is 0. The van der Waals surface area contributed by atoms with Crippen LogP contribution in [-0.4, -0.2) is 11.6 Å². The number of para-hydroxylation sites is 3. The summed E-state index contributed by atoms with van der Waals surface area (Å²) in [5.74, 6) is 0.898. The molecule has 1 aliphatic heterocycles. The number of benzene rings is 3. The van der Waals surface area contributed by atoms with Crippen molar-refractivity contribution in [3.05, 3.63) is 105 Å². The van der Waals surface area contributed by atoms with Crippen LogP contribution in [0.5, 0.6) is 11.5 Å². The summed E-state index contributed by atoms with van der Waals surface area (Å²) in [6.07, 6.45) is 1.41. The van der Waals surface area contributed by atoms with Gasteiger partial charge in [0.2, 0.25) is 5.88 Å². The molecule has 0 fully saturated rings. The maximum absolute atomic E-state index is 13.0. The summed E-state index contributed by atoms with van der Waals surface area (Å²) < 4.78 is 12.2. The van der Waals surface area contributed by atoms with Gasteiger partial charge in [-0.25, -0.2) is 0 Å². The Morgan fingerprint density at radius 3 is 2.09 bits per heavy atom.